The van der Waals surface area contributed by atoms with Crippen LogP contribution in [0.15, 0.2) is 48.5 Å². The lowest BCUT2D eigenvalue weighted by atomic mass is 9.74. The lowest BCUT2D eigenvalue weighted by Gasteiger charge is -2.37. The van der Waals surface area contributed by atoms with Gasteiger partial charge >= 0.3 is 0 Å². The highest BCUT2D eigenvalue weighted by molar-refractivity contribution is 7.92. The molecule has 4 rings (SSSR count). The fourth-order valence-corrected chi connectivity index (χ4v) is 7.23. The molecule has 2 aliphatic rings. The van der Waals surface area contributed by atoms with Crippen LogP contribution in [0.3, 0.4) is 0 Å². The molecule has 0 amide bonds. The van der Waals surface area contributed by atoms with Gasteiger partial charge < -0.3 is 15.2 Å². The Morgan fingerprint density at radius 3 is 2.52 bits per heavy atom. The summed E-state index contributed by atoms with van der Waals surface area (Å²) in [6, 6.07) is 13.9. The van der Waals surface area contributed by atoms with Crippen LogP contribution in [0.25, 0.3) is 0 Å². The molecule has 1 unspecified atom stereocenters. The molecule has 2 N–H and O–H groups in total. The summed E-state index contributed by atoms with van der Waals surface area (Å²) in [5, 5.41) is 11.9. The van der Waals surface area contributed by atoms with Crippen LogP contribution in [0.2, 0.25) is 0 Å². The lowest BCUT2D eigenvalue weighted by molar-refractivity contribution is 0.0252. The van der Waals surface area contributed by atoms with Crippen molar-refractivity contribution in [3.63, 3.8) is 0 Å². The van der Waals surface area contributed by atoms with E-state index in [-0.39, 0.29) is 19.1 Å². The van der Waals surface area contributed by atoms with E-state index < -0.39 is 31.6 Å². The van der Waals surface area contributed by atoms with Crippen LogP contribution in [0.5, 0.6) is 0 Å². The molecule has 2 aliphatic heterocycles. The van der Waals surface area contributed by atoms with Crippen molar-refractivity contribution in [2.24, 2.45) is 0 Å². The van der Waals surface area contributed by atoms with E-state index in [0.717, 1.165) is 11.1 Å². The minimum atomic E-state index is -3.51. The molecule has 2 aromatic carbocycles. The smallest absolute Gasteiger partial charge is 0.163 e. The van der Waals surface area contributed by atoms with Crippen molar-refractivity contribution in [3.05, 3.63) is 71.0 Å². The molecule has 5 nitrogen and oxygen atoms in total. The van der Waals surface area contributed by atoms with E-state index in [2.05, 4.69) is 5.32 Å². The number of nitrogens with one attached hydrogen (secondary N) is 1. The third kappa shape index (κ3) is 4.29. The van der Waals surface area contributed by atoms with E-state index in [1.54, 1.807) is 6.07 Å². The summed E-state index contributed by atoms with van der Waals surface area (Å²) in [4.78, 5) is 0. The van der Waals surface area contributed by atoms with Crippen LogP contribution < -0.4 is 5.32 Å². The maximum absolute atomic E-state index is 15.1. The van der Waals surface area contributed by atoms with Crippen molar-refractivity contribution in [1.29, 1.82) is 0 Å². The molecule has 31 heavy (non-hydrogen) atoms. The van der Waals surface area contributed by atoms with Crippen molar-refractivity contribution < 1.29 is 22.7 Å². The van der Waals surface area contributed by atoms with Crippen LogP contribution in [-0.4, -0.2) is 51.2 Å². The van der Waals surface area contributed by atoms with Crippen LogP contribution in [-0.2, 0) is 26.4 Å². The van der Waals surface area contributed by atoms with Gasteiger partial charge in [0.1, 0.15) is 5.82 Å². The molecule has 2 heterocycles. The zero-order chi connectivity index (χ0) is 22.1. The summed E-state index contributed by atoms with van der Waals surface area (Å²) < 4.78 is 47.4. The number of hydrogen-bond acceptors (Lipinski definition) is 5. The molecule has 0 radical (unpaired) electrons. The van der Waals surface area contributed by atoms with Crippen molar-refractivity contribution >= 4 is 9.84 Å². The average molecular weight is 448 g/mol. The van der Waals surface area contributed by atoms with Gasteiger partial charge in [0, 0.05) is 31.2 Å². The summed E-state index contributed by atoms with van der Waals surface area (Å²) in [6.45, 7) is 3.21. The van der Waals surface area contributed by atoms with Crippen LogP contribution in [0, 0.1) is 5.82 Å². The second kappa shape index (κ2) is 8.98. The minimum absolute atomic E-state index is 0.0636. The highest BCUT2D eigenvalue weighted by atomic mass is 32.2. The zero-order valence-corrected chi connectivity index (χ0v) is 18.6. The molecule has 168 valence electrons. The Balaban J connectivity index is 1.60. The highest BCUT2D eigenvalue weighted by Gasteiger charge is 2.43. The Labute approximate surface area is 183 Å². The van der Waals surface area contributed by atoms with Gasteiger partial charge in [-0.05, 0) is 48.9 Å². The first-order chi connectivity index (χ1) is 14.9. The van der Waals surface area contributed by atoms with Crippen molar-refractivity contribution in [2.45, 2.75) is 48.1 Å². The molecule has 0 aromatic heterocycles. The normalized spacial score (nSPS) is 27.6. The maximum atomic E-state index is 15.1. The Morgan fingerprint density at radius 2 is 1.87 bits per heavy atom. The van der Waals surface area contributed by atoms with E-state index in [9.17, 15) is 13.5 Å². The predicted octanol–water partition coefficient (Wildman–Crippen LogP) is 2.93. The van der Waals surface area contributed by atoms with Crippen molar-refractivity contribution in [1.82, 2.24) is 5.32 Å². The maximum Gasteiger partial charge on any atom is 0.163 e. The highest BCUT2D eigenvalue weighted by Crippen LogP contribution is 2.36. The van der Waals surface area contributed by atoms with Gasteiger partial charge in [-0.15, -0.1) is 0 Å². The van der Waals surface area contributed by atoms with Gasteiger partial charge in [0.15, 0.2) is 9.84 Å². The quantitative estimate of drug-likeness (QED) is 0.737. The monoisotopic (exact) mass is 447 g/mol. The molecule has 0 spiro atoms. The number of aliphatic hydroxyl groups is 1. The molecule has 0 saturated carbocycles. The van der Waals surface area contributed by atoms with Crippen LogP contribution in [0.1, 0.15) is 41.7 Å². The fourth-order valence-electron chi connectivity index (χ4n) is 4.86. The molecular weight excluding hydrogens is 417 g/mol. The zero-order valence-electron chi connectivity index (χ0n) is 17.8. The second-order valence-electron chi connectivity index (χ2n) is 8.78. The predicted molar refractivity (Wildman–Crippen MR) is 118 cm³/mol. The fraction of sp³-hybridized carbons (Fsp3) is 0.500. The summed E-state index contributed by atoms with van der Waals surface area (Å²) in [5.41, 5.74) is 1.40. The molecule has 3 atom stereocenters. The first kappa shape index (κ1) is 22.4. The van der Waals surface area contributed by atoms with Gasteiger partial charge in [-0.1, -0.05) is 42.5 Å². The third-order valence-corrected chi connectivity index (χ3v) is 9.66. The van der Waals surface area contributed by atoms with Crippen LogP contribution >= 0.6 is 0 Å². The third-order valence-electron chi connectivity index (χ3n) is 7.01. The standard InChI is InChI=1S/C24H30FNO4S/c1-17-22(31(28,29)23(15-26-17)18-5-3-2-4-6-18)13-19-7-8-20(14-21(19)25)24(16-27)9-11-30-12-10-24/h2-8,14,17,22-23,26-27H,9-13,15-16H2,1H3/t17-,22?,23-/m0/s1. The lowest BCUT2D eigenvalue weighted by Crippen LogP contribution is -2.53. The van der Waals surface area contributed by atoms with Crippen molar-refractivity contribution in [2.75, 3.05) is 26.4 Å². The van der Waals surface area contributed by atoms with Crippen LogP contribution in [0.4, 0.5) is 4.39 Å². The molecule has 7 heteroatoms. The van der Waals surface area contributed by atoms with Gasteiger partial charge in [-0.2, -0.15) is 0 Å². The Morgan fingerprint density at radius 1 is 1.16 bits per heavy atom. The van der Waals surface area contributed by atoms with E-state index in [4.69, 9.17) is 4.74 Å². The number of benzene rings is 2. The number of ether oxygens (including phenoxy) is 1. The number of sulfone groups is 1. The molecular formula is C24H30FNO4S. The number of halogens is 1. The Bertz CT molecular complexity index is 1010. The van der Waals surface area contributed by atoms with Gasteiger partial charge in [-0.25, -0.2) is 12.8 Å². The van der Waals surface area contributed by atoms with E-state index in [1.807, 2.05) is 43.3 Å². The Hall–Kier alpha value is -1.80. The number of aliphatic hydroxyl groups excluding tert-OH is 1. The average Bonchev–Trinajstić information content (AvgIpc) is 2.78. The summed E-state index contributed by atoms with van der Waals surface area (Å²) >= 11 is 0. The molecule has 0 aliphatic carbocycles. The molecule has 2 aromatic rings. The Kier molecular flexibility index (Phi) is 6.49. The minimum Gasteiger partial charge on any atom is -0.395 e. The SMILES string of the molecule is C[C@@H]1NC[C@@H](c2ccccc2)S(=O)(=O)C1Cc1ccc(C2(CO)CCOCC2)cc1F. The summed E-state index contributed by atoms with van der Waals surface area (Å²) in [5.74, 6) is -0.416. The molecule has 0 bridgehead atoms. The van der Waals surface area contributed by atoms with Crippen molar-refractivity contribution in [3.8, 4) is 0 Å². The first-order valence-electron chi connectivity index (χ1n) is 10.9. The number of rotatable bonds is 5. The topological polar surface area (TPSA) is 75.6 Å². The van der Waals surface area contributed by atoms with Gasteiger partial charge in [0.05, 0.1) is 17.1 Å². The number of hydrogen-bond donors (Lipinski definition) is 2. The second-order valence-corrected chi connectivity index (χ2v) is 11.1. The summed E-state index contributed by atoms with van der Waals surface area (Å²) in [7, 11) is -3.51. The van der Waals surface area contributed by atoms with Gasteiger partial charge in [0.2, 0.25) is 0 Å². The largest absolute Gasteiger partial charge is 0.395 e. The molecule has 2 fully saturated rings. The van der Waals surface area contributed by atoms with Gasteiger partial charge in [0.25, 0.3) is 0 Å². The first-order valence-corrected chi connectivity index (χ1v) is 12.5. The summed E-state index contributed by atoms with van der Waals surface area (Å²) in [6.07, 6.45) is 1.39. The van der Waals surface area contributed by atoms with E-state index >= 15 is 4.39 Å². The molecule has 2 saturated heterocycles. The van der Waals surface area contributed by atoms with E-state index in [1.165, 1.54) is 6.07 Å². The van der Waals surface area contributed by atoms with Gasteiger partial charge in [-0.3, -0.25) is 0 Å². The van der Waals surface area contributed by atoms with E-state index in [0.29, 0.717) is 38.2 Å².